The van der Waals surface area contributed by atoms with E-state index in [4.69, 9.17) is 0 Å². The largest absolute Gasteiger partial charge is 0.338 e. The molecule has 0 spiro atoms. The van der Waals surface area contributed by atoms with Crippen LogP contribution < -0.4 is 9.62 Å². The summed E-state index contributed by atoms with van der Waals surface area (Å²) in [5, 5.41) is 3.03. The Balaban J connectivity index is 1.45. The van der Waals surface area contributed by atoms with E-state index in [1.54, 1.807) is 18.3 Å². The Morgan fingerprint density at radius 3 is 2.53 bits per heavy atom. The van der Waals surface area contributed by atoms with E-state index in [0.29, 0.717) is 24.5 Å². The second-order valence-electron chi connectivity index (χ2n) is 8.20. The molecule has 0 saturated carbocycles. The summed E-state index contributed by atoms with van der Waals surface area (Å²) < 4.78 is 30.1. The molecule has 172 valence electrons. The summed E-state index contributed by atoms with van der Waals surface area (Å²) >= 11 is 0. The molecule has 0 radical (unpaired) electrons. The van der Waals surface area contributed by atoms with Crippen LogP contribution in [0.15, 0.2) is 96.2 Å². The van der Waals surface area contributed by atoms with E-state index in [1.165, 1.54) is 16.4 Å². The molecule has 1 aromatic heterocycles. The van der Waals surface area contributed by atoms with Gasteiger partial charge in [-0.05, 0) is 41.8 Å². The number of anilines is 1. The first-order chi connectivity index (χ1) is 16.4. The van der Waals surface area contributed by atoms with Crippen molar-refractivity contribution >= 4 is 21.6 Å². The number of carbonyl (C=O) groups is 1. The van der Waals surface area contributed by atoms with E-state index in [-0.39, 0.29) is 16.4 Å². The van der Waals surface area contributed by atoms with Crippen molar-refractivity contribution in [3.63, 3.8) is 0 Å². The first-order valence-electron chi connectivity index (χ1n) is 11.0. The zero-order valence-corrected chi connectivity index (χ0v) is 19.4. The van der Waals surface area contributed by atoms with Crippen LogP contribution in [-0.4, -0.2) is 30.4 Å². The third-order valence-electron chi connectivity index (χ3n) is 6.05. The fourth-order valence-corrected chi connectivity index (χ4v) is 5.84. The van der Waals surface area contributed by atoms with Crippen molar-refractivity contribution in [1.29, 1.82) is 0 Å². The molecule has 0 fully saturated rings. The van der Waals surface area contributed by atoms with Gasteiger partial charge in [0.1, 0.15) is 11.9 Å². The number of aromatic nitrogens is 2. The number of carbonyl (C=O) groups excluding carboxylic acids is 1. The fraction of sp³-hybridized carbons (Fsp3) is 0.154. The number of hydrogen-bond donors (Lipinski definition) is 1. The monoisotopic (exact) mass is 472 g/mol. The van der Waals surface area contributed by atoms with Gasteiger partial charge in [-0.1, -0.05) is 54.6 Å². The minimum absolute atomic E-state index is 0.0881. The second kappa shape index (κ2) is 8.79. The normalized spacial score (nSPS) is 14.0. The summed E-state index contributed by atoms with van der Waals surface area (Å²) in [5.41, 5.74) is 2.84. The van der Waals surface area contributed by atoms with Crippen molar-refractivity contribution in [2.75, 3.05) is 10.8 Å². The first-order valence-corrected chi connectivity index (χ1v) is 12.4. The maximum absolute atomic E-state index is 13.4. The Kier molecular flexibility index (Phi) is 5.67. The molecule has 7 nitrogen and oxygen atoms in total. The van der Waals surface area contributed by atoms with Gasteiger partial charge < -0.3 is 9.88 Å². The number of sulfonamides is 1. The lowest BCUT2D eigenvalue weighted by atomic mass is 10.1. The van der Waals surface area contributed by atoms with Gasteiger partial charge >= 0.3 is 0 Å². The molecule has 3 aromatic carbocycles. The molecule has 5 rings (SSSR count). The molecule has 1 aliphatic heterocycles. The molecule has 4 aromatic rings. The van der Waals surface area contributed by atoms with Crippen LogP contribution in [0.3, 0.4) is 0 Å². The molecule has 0 saturated heterocycles. The van der Waals surface area contributed by atoms with E-state index in [1.807, 2.05) is 72.4 Å². The highest BCUT2D eigenvalue weighted by Gasteiger charge is 2.31. The van der Waals surface area contributed by atoms with Crippen molar-refractivity contribution in [2.45, 2.75) is 17.4 Å². The van der Waals surface area contributed by atoms with Gasteiger partial charge in [-0.15, -0.1) is 0 Å². The lowest BCUT2D eigenvalue weighted by molar-refractivity contribution is 0.0941. The van der Waals surface area contributed by atoms with Gasteiger partial charge in [0.2, 0.25) is 0 Å². The van der Waals surface area contributed by atoms with Crippen LogP contribution >= 0.6 is 0 Å². The van der Waals surface area contributed by atoms with E-state index in [9.17, 15) is 13.2 Å². The molecule has 1 N–H and O–H groups in total. The van der Waals surface area contributed by atoms with Gasteiger partial charge in [0, 0.05) is 31.5 Å². The molecule has 1 atom stereocenters. The maximum atomic E-state index is 13.4. The third-order valence-corrected chi connectivity index (χ3v) is 7.86. The lowest BCUT2D eigenvalue weighted by Crippen LogP contribution is -2.32. The quantitative estimate of drug-likeness (QED) is 0.464. The Morgan fingerprint density at radius 1 is 1.00 bits per heavy atom. The van der Waals surface area contributed by atoms with Crippen LogP contribution in [0.5, 0.6) is 0 Å². The summed E-state index contributed by atoms with van der Waals surface area (Å²) in [6.45, 7) is 0.382. The number of fused-ring (bicyclic) bond motifs is 1. The average molecular weight is 473 g/mol. The zero-order valence-electron chi connectivity index (χ0n) is 18.6. The smallest absolute Gasteiger partial charge is 0.264 e. The Labute approximate surface area is 198 Å². The number of benzene rings is 3. The number of imidazole rings is 1. The number of amides is 1. The zero-order chi connectivity index (χ0) is 23.7. The third kappa shape index (κ3) is 3.97. The predicted octanol–water partition coefficient (Wildman–Crippen LogP) is 3.69. The molecule has 0 aliphatic carbocycles. The van der Waals surface area contributed by atoms with Crippen molar-refractivity contribution < 1.29 is 13.2 Å². The van der Waals surface area contributed by atoms with Crippen molar-refractivity contribution in [2.24, 2.45) is 7.05 Å². The van der Waals surface area contributed by atoms with E-state index >= 15 is 0 Å². The standard InChI is InChI=1S/C26H24N4O3S/c1-29-17-15-27-25(29)24(20-9-3-2-4-10-20)28-26(31)21-11-7-12-22(18-21)34(32,33)30-16-14-19-8-5-6-13-23(19)30/h2-13,15,17-18,24H,14,16H2,1H3,(H,28,31)/t24-/m1/s1. The van der Waals surface area contributed by atoms with Crippen LogP contribution in [0, 0.1) is 0 Å². The van der Waals surface area contributed by atoms with Crippen molar-refractivity contribution in [3.8, 4) is 0 Å². The fourth-order valence-electron chi connectivity index (χ4n) is 4.29. The number of para-hydroxylation sites is 1. The number of aryl methyl sites for hydroxylation is 1. The number of rotatable bonds is 6. The van der Waals surface area contributed by atoms with Gasteiger partial charge in [0.05, 0.1) is 10.6 Å². The van der Waals surface area contributed by atoms with Crippen LogP contribution in [-0.2, 0) is 23.5 Å². The Morgan fingerprint density at radius 2 is 1.76 bits per heavy atom. The van der Waals surface area contributed by atoms with Crippen LogP contribution in [0.2, 0.25) is 0 Å². The summed E-state index contributed by atoms with van der Waals surface area (Å²) in [6, 6.07) is 22.7. The van der Waals surface area contributed by atoms with Gasteiger partial charge in [-0.3, -0.25) is 9.10 Å². The highest BCUT2D eigenvalue weighted by atomic mass is 32.2. The molecule has 0 unspecified atom stereocenters. The molecule has 34 heavy (non-hydrogen) atoms. The highest BCUT2D eigenvalue weighted by molar-refractivity contribution is 7.92. The number of hydrogen-bond acceptors (Lipinski definition) is 4. The second-order valence-corrected chi connectivity index (χ2v) is 10.1. The predicted molar refractivity (Wildman–Crippen MR) is 130 cm³/mol. The topological polar surface area (TPSA) is 84.3 Å². The molecular formula is C26H24N4O3S. The summed E-state index contributed by atoms with van der Waals surface area (Å²) in [5.74, 6) is 0.299. The SMILES string of the molecule is Cn1ccnc1[C@H](NC(=O)c1cccc(S(=O)(=O)N2CCc3ccccc32)c1)c1ccccc1. The van der Waals surface area contributed by atoms with Crippen LogP contribution in [0.1, 0.15) is 33.4 Å². The summed E-state index contributed by atoms with van der Waals surface area (Å²) in [6.07, 6.45) is 4.16. The van der Waals surface area contributed by atoms with Crippen molar-refractivity contribution in [1.82, 2.24) is 14.9 Å². The van der Waals surface area contributed by atoms with E-state index in [0.717, 1.165) is 11.1 Å². The maximum Gasteiger partial charge on any atom is 0.264 e. The van der Waals surface area contributed by atoms with Gasteiger partial charge in [0.25, 0.3) is 15.9 Å². The van der Waals surface area contributed by atoms with Gasteiger partial charge in [-0.2, -0.15) is 0 Å². The molecule has 1 amide bonds. The van der Waals surface area contributed by atoms with Gasteiger partial charge in [0.15, 0.2) is 0 Å². The number of nitrogens with zero attached hydrogens (tertiary/aromatic N) is 3. The first kappa shape index (κ1) is 21.9. The van der Waals surface area contributed by atoms with Crippen LogP contribution in [0.4, 0.5) is 5.69 Å². The highest BCUT2D eigenvalue weighted by Crippen LogP contribution is 2.33. The van der Waals surface area contributed by atoms with E-state index in [2.05, 4.69) is 10.3 Å². The van der Waals surface area contributed by atoms with Crippen LogP contribution in [0.25, 0.3) is 0 Å². The molecule has 1 aliphatic rings. The summed E-state index contributed by atoms with van der Waals surface area (Å²) in [7, 11) is -1.94. The summed E-state index contributed by atoms with van der Waals surface area (Å²) in [4.78, 5) is 17.8. The molecule has 2 heterocycles. The molecule has 0 bridgehead atoms. The Bertz CT molecular complexity index is 1450. The molecule has 8 heteroatoms. The lowest BCUT2D eigenvalue weighted by Gasteiger charge is -2.21. The molecular weight excluding hydrogens is 448 g/mol. The average Bonchev–Trinajstić information content (AvgIpc) is 3.49. The van der Waals surface area contributed by atoms with Gasteiger partial charge in [-0.25, -0.2) is 13.4 Å². The Hall–Kier alpha value is -3.91. The van der Waals surface area contributed by atoms with E-state index < -0.39 is 16.1 Å². The minimum Gasteiger partial charge on any atom is -0.338 e. The van der Waals surface area contributed by atoms with Crippen molar-refractivity contribution in [3.05, 3.63) is 114 Å². The minimum atomic E-state index is -3.80. The number of nitrogens with one attached hydrogen (secondary N) is 1.